The molecule has 0 amide bonds. The largest absolute Gasteiger partial charge is 2.00 e. The average Bonchev–Trinajstić information content (AvgIpc) is 2.24. The average molecular weight is 331 g/mol. The van der Waals surface area contributed by atoms with Crippen LogP contribution in [0.25, 0.3) is 0 Å². The zero-order valence-corrected chi connectivity index (χ0v) is 15.3. The van der Waals surface area contributed by atoms with Gasteiger partial charge in [-0.2, -0.15) is 0 Å². The Kier molecular flexibility index (Phi) is 16.1. The Hall–Kier alpha value is 0.493. The Morgan fingerprint density at radius 1 is 0.833 bits per heavy atom. The third-order valence-electron chi connectivity index (χ3n) is 2.73. The van der Waals surface area contributed by atoms with Gasteiger partial charge in [0.2, 0.25) is 10.4 Å². The van der Waals surface area contributed by atoms with Crippen LogP contribution in [0.4, 0.5) is 0 Å². The molecule has 0 N–H and O–H groups in total. The Labute approximate surface area is 125 Å². The summed E-state index contributed by atoms with van der Waals surface area (Å²) in [4.78, 5) is 0. The number of rotatable bonds is 12. The maximum atomic E-state index is 10.1. The molecule has 0 fully saturated rings. The van der Waals surface area contributed by atoms with Gasteiger partial charge in [0, 0.05) is 0 Å². The van der Waals surface area contributed by atoms with Crippen molar-refractivity contribution in [1.29, 1.82) is 0 Å². The van der Waals surface area contributed by atoms with E-state index in [1.165, 1.54) is 44.9 Å². The van der Waals surface area contributed by atoms with Crippen LogP contribution in [0.15, 0.2) is 0 Å². The van der Waals surface area contributed by atoms with Crippen LogP contribution in [0.2, 0.25) is 0 Å². The van der Waals surface area contributed by atoms with Crippen molar-refractivity contribution in [2.24, 2.45) is 0 Å². The molecule has 0 aliphatic rings. The van der Waals surface area contributed by atoms with Gasteiger partial charge in [-0.25, -0.2) is 8.42 Å². The minimum absolute atomic E-state index is 0. The molecule has 4 nitrogen and oxygen atoms in total. The second kappa shape index (κ2) is 13.9. The molecule has 104 valence electrons. The maximum absolute atomic E-state index is 10.1. The summed E-state index contributed by atoms with van der Waals surface area (Å²) in [5.74, 6) is 0. The topological polar surface area (TPSA) is 66.4 Å². The second-order valence-electron chi connectivity index (χ2n) is 4.41. The minimum Gasteiger partial charge on any atom is -0.726 e. The van der Waals surface area contributed by atoms with Crippen molar-refractivity contribution in [3.05, 3.63) is 0 Å². The van der Waals surface area contributed by atoms with Crippen LogP contribution < -0.4 is 0 Å². The molecule has 0 saturated heterocycles. The first-order chi connectivity index (χ1) is 8.06. The molecule has 18 heavy (non-hydrogen) atoms. The first-order valence-corrected chi connectivity index (χ1v) is 8.00. The standard InChI is InChI=1S/C12H26O4S.Zn/c1-2-3-4-5-6-7-8-9-10-11-12-16-17(13,14)15;/h2-12H2,1H3,(H,13,14,15);/q;+2/p-1. The Balaban J connectivity index is 0. The molecule has 0 bridgehead atoms. The molecule has 0 aliphatic heterocycles. The molecule has 6 heteroatoms. The maximum Gasteiger partial charge on any atom is 2.00 e. The summed E-state index contributed by atoms with van der Waals surface area (Å²) in [5, 5.41) is 0. The van der Waals surface area contributed by atoms with Crippen LogP contribution in [0.5, 0.6) is 0 Å². The van der Waals surface area contributed by atoms with E-state index < -0.39 is 10.4 Å². The quantitative estimate of drug-likeness (QED) is 0.238. The van der Waals surface area contributed by atoms with E-state index >= 15 is 0 Å². The number of unbranched alkanes of at least 4 members (excludes halogenated alkanes) is 9. The van der Waals surface area contributed by atoms with Crippen LogP contribution in [-0.4, -0.2) is 19.6 Å². The van der Waals surface area contributed by atoms with Gasteiger partial charge in [0.25, 0.3) is 0 Å². The van der Waals surface area contributed by atoms with Crippen LogP contribution >= 0.6 is 0 Å². The van der Waals surface area contributed by atoms with E-state index in [1.807, 2.05) is 0 Å². The fourth-order valence-corrected chi connectivity index (χ4v) is 2.07. The first kappa shape index (κ1) is 20.8. The smallest absolute Gasteiger partial charge is 0.726 e. The van der Waals surface area contributed by atoms with Crippen molar-refractivity contribution in [3.63, 3.8) is 0 Å². The second-order valence-corrected chi connectivity index (χ2v) is 5.46. The first-order valence-electron chi connectivity index (χ1n) is 6.66. The van der Waals surface area contributed by atoms with Crippen LogP contribution in [0.3, 0.4) is 0 Å². The summed E-state index contributed by atoms with van der Waals surface area (Å²) in [6, 6.07) is 0. The molecule has 0 rings (SSSR count). The van der Waals surface area contributed by atoms with Gasteiger partial charge >= 0.3 is 19.5 Å². The predicted octanol–water partition coefficient (Wildman–Crippen LogP) is 3.38. The molecule has 0 aliphatic carbocycles. The van der Waals surface area contributed by atoms with Gasteiger partial charge < -0.3 is 4.55 Å². The van der Waals surface area contributed by atoms with Crippen molar-refractivity contribution in [1.82, 2.24) is 0 Å². The molecule has 0 aromatic heterocycles. The molecule has 0 aromatic rings. The van der Waals surface area contributed by atoms with Crippen molar-refractivity contribution in [2.75, 3.05) is 6.61 Å². The summed E-state index contributed by atoms with van der Waals surface area (Å²) in [6.07, 6.45) is 11.7. The molecule has 0 spiro atoms. The summed E-state index contributed by atoms with van der Waals surface area (Å²) in [6.45, 7) is 2.24. The molecule has 0 radical (unpaired) electrons. The van der Waals surface area contributed by atoms with Gasteiger partial charge in [0.1, 0.15) is 0 Å². The van der Waals surface area contributed by atoms with Crippen molar-refractivity contribution < 1.29 is 36.6 Å². The fraction of sp³-hybridized carbons (Fsp3) is 1.00. The minimum atomic E-state index is -4.48. The molecule has 0 unspecified atom stereocenters. The van der Waals surface area contributed by atoms with Crippen molar-refractivity contribution in [2.45, 2.75) is 71.1 Å². The number of hydrogen-bond donors (Lipinski definition) is 0. The monoisotopic (exact) mass is 329 g/mol. The fourth-order valence-electron chi connectivity index (χ4n) is 1.75. The van der Waals surface area contributed by atoms with E-state index in [0.717, 1.165) is 12.8 Å². The summed E-state index contributed by atoms with van der Waals surface area (Å²) in [7, 11) is -4.48. The van der Waals surface area contributed by atoms with Crippen LogP contribution in [0.1, 0.15) is 71.1 Å². The summed E-state index contributed by atoms with van der Waals surface area (Å²) in [5.41, 5.74) is 0. The van der Waals surface area contributed by atoms with Gasteiger partial charge in [-0.05, 0) is 6.42 Å². The SMILES string of the molecule is CCCCCCCCCCCCOS(=O)(=O)[O-].[Zn+2]. The van der Waals surface area contributed by atoms with Crippen LogP contribution in [0, 0.1) is 0 Å². The number of hydrogen-bond acceptors (Lipinski definition) is 4. The Bertz CT molecular complexity index is 255. The van der Waals surface area contributed by atoms with Gasteiger partial charge in [-0.1, -0.05) is 64.7 Å². The van der Waals surface area contributed by atoms with E-state index in [1.54, 1.807) is 0 Å². The molecule has 0 saturated carbocycles. The van der Waals surface area contributed by atoms with E-state index in [4.69, 9.17) is 0 Å². The van der Waals surface area contributed by atoms with Gasteiger partial charge in [0.15, 0.2) is 0 Å². The summed E-state index contributed by atoms with van der Waals surface area (Å²) < 4.78 is 34.5. The Morgan fingerprint density at radius 2 is 1.22 bits per heavy atom. The molecular weight excluding hydrogens is 306 g/mol. The van der Waals surface area contributed by atoms with Gasteiger partial charge in [-0.15, -0.1) is 0 Å². The van der Waals surface area contributed by atoms with Crippen molar-refractivity contribution in [3.8, 4) is 0 Å². The molecular formula is C12H25O4SZn+. The van der Waals surface area contributed by atoms with E-state index in [0.29, 0.717) is 6.42 Å². The molecule has 0 heterocycles. The zero-order valence-electron chi connectivity index (χ0n) is 11.5. The third kappa shape index (κ3) is 18.8. The normalized spacial score (nSPS) is 11.2. The Morgan fingerprint density at radius 3 is 1.61 bits per heavy atom. The van der Waals surface area contributed by atoms with E-state index in [-0.39, 0.29) is 26.1 Å². The molecule has 0 aromatic carbocycles. The van der Waals surface area contributed by atoms with Gasteiger partial charge in [0.05, 0.1) is 6.61 Å². The van der Waals surface area contributed by atoms with E-state index in [2.05, 4.69) is 11.1 Å². The van der Waals surface area contributed by atoms with Crippen LogP contribution in [-0.2, 0) is 34.1 Å². The molecule has 0 atom stereocenters. The predicted molar refractivity (Wildman–Crippen MR) is 67.5 cm³/mol. The third-order valence-corrected chi connectivity index (χ3v) is 3.18. The summed E-state index contributed by atoms with van der Waals surface area (Å²) >= 11 is 0. The van der Waals surface area contributed by atoms with E-state index in [9.17, 15) is 13.0 Å². The van der Waals surface area contributed by atoms with Crippen molar-refractivity contribution >= 4 is 10.4 Å². The zero-order chi connectivity index (χ0) is 13.0. The van der Waals surface area contributed by atoms with Gasteiger partial charge in [-0.3, -0.25) is 4.18 Å².